The summed E-state index contributed by atoms with van der Waals surface area (Å²) < 4.78 is 5.86. The van der Waals surface area contributed by atoms with Crippen LogP contribution in [0.2, 0.25) is 5.02 Å². The van der Waals surface area contributed by atoms with Crippen molar-refractivity contribution in [2.45, 2.75) is 19.4 Å². The van der Waals surface area contributed by atoms with Crippen molar-refractivity contribution in [3.05, 3.63) is 69.5 Å². The van der Waals surface area contributed by atoms with E-state index in [1.54, 1.807) is 52.8 Å². The summed E-state index contributed by atoms with van der Waals surface area (Å²) in [5, 5.41) is 5.38. The van der Waals surface area contributed by atoms with E-state index in [1.807, 2.05) is 17.5 Å². The molecule has 0 aliphatic carbocycles. The van der Waals surface area contributed by atoms with Crippen molar-refractivity contribution in [3.63, 3.8) is 0 Å². The van der Waals surface area contributed by atoms with Gasteiger partial charge in [-0.05, 0) is 48.2 Å². The number of rotatable bonds is 6. The molecule has 1 aliphatic rings. The second-order valence-corrected chi connectivity index (χ2v) is 7.96. The number of halogens is 1. The van der Waals surface area contributed by atoms with Crippen molar-refractivity contribution < 1.29 is 14.3 Å². The minimum absolute atomic E-state index is 0.0506. The second-order valence-electron chi connectivity index (χ2n) is 6.49. The van der Waals surface area contributed by atoms with Gasteiger partial charge in [0.05, 0.1) is 12.2 Å². The fourth-order valence-corrected chi connectivity index (χ4v) is 3.90. The number of amides is 2. The predicted molar refractivity (Wildman–Crippen MR) is 113 cm³/mol. The number of anilines is 1. The van der Waals surface area contributed by atoms with Gasteiger partial charge in [-0.1, -0.05) is 17.7 Å². The van der Waals surface area contributed by atoms with Gasteiger partial charge in [0.1, 0.15) is 5.56 Å². The van der Waals surface area contributed by atoms with E-state index in [1.165, 1.54) is 0 Å². The molecule has 0 unspecified atom stereocenters. The lowest BCUT2D eigenvalue weighted by atomic mass is 10.2. The number of hydrogen-bond donors (Lipinski definition) is 1. The first-order valence-electron chi connectivity index (χ1n) is 9.15. The third-order valence-corrected chi connectivity index (χ3v) is 5.60. The van der Waals surface area contributed by atoms with Crippen molar-refractivity contribution in [2.24, 2.45) is 0 Å². The summed E-state index contributed by atoms with van der Waals surface area (Å²) in [5.74, 6) is 0.484. The Labute approximate surface area is 177 Å². The molecule has 4 rings (SSSR count). The zero-order valence-electron chi connectivity index (χ0n) is 15.4. The molecule has 0 radical (unpaired) electrons. The molecule has 0 atom stereocenters. The molecule has 0 bridgehead atoms. The highest BCUT2D eigenvalue weighted by molar-refractivity contribution is 7.09. The van der Waals surface area contributed by atoms with Crippen LogP contribution in [0.25, 0.3) is 0 Å². The summed E-state index contributed by atoms with van der Waals surface area (Å²) in [5.41, 5.74) is 0.946. The molecule has 0 saturated heterocycles. The van der Waals surface area contributed by atoms with Crippen molar-refractivity contribution >= 4 is 40.4 Å². The van der Waals surface area contributed by atoms with Crippen molar-refractivity contribution in [1.29, 1.82) is 0 Å². The van der Waals surface area contributed by atoms with Gasteiger partial charge in [0.15, 0.2) is 5.75 Å². The minimum Gasteiger partial charge on any atom is -0.436 e. The fraction of sp³-hybridized carbons (Fsp3) is 0.190. The van der Waals surface area contributed by atoms with Crippen LogP contribution in [-0.2, 0) is 11.3 Å². The summed E-state index contributed by atoms with van der Waals surface area (Å²) in [4.78, 5) is 32.2. The monoisotopic (exact) mass is 427 g/mol. The standard InChI is InChI=1S/C21H18ClN3O3S/c22-14-7-8-18-17(12-14)25(21(27)16-5-1-9-23-20(16)28-18)10-2-6-19(26)24-13-15-4-3-11-29-15/h1,3-5,7-9,11-12H,2,6,10,13H2,(H,24,26). The molecular weight excluding hydrogens is 410 g/mol. The van der Waals surface area contributed by atoms with Gasteiger partial charge in [-0.3, -0.25) is 9.59 Å². The second kappa shape index (κ2) is 8.63. The average molecular weight is 428 g/mol. The Kier molecular flexibility index (Phi) is 5.78. The Morgan fingerprint density at radius 3 is 2.97 bits per heavy atom. The normalized spacial score (nSPS) is 12.6. The minimum atomic E-state index is -0.229. The third-order valence-electron chi connectivity index (χ3n) is 4.49. The first kappa shape index (κ1) is 19.4. The Morgan fingerprint density at radius 1 is 1.24 bits per heavy atom. The smallest absolute Gasteiger partial charge is 0.263 e. The van der Waals surface area contributed by atoms with Crippen LogP contribution in [0, 0.1) is 0 Å². The molecule has 3 aromatic rings. The number of nitrogens with zero attached hydrogens (tertiary/aromatic N) is 2. The van der Waals surface area contributed by atoms with Gasteiger partial charge < -0.3 is 15.0 Å². The van der Waals surface area contributed by atoms with Crippen LogP contribution in [0.15, 0.2) is 54.0 Å². The maximum absolute atomic E-state index is 13.1. The van der Waals surface area contributed by atoms with E-state index in [0.717, 1.165) is 4.88 Å². The van der Waals surface area contributed by atoms with Crippen molar-refractivity contribution in [3.8, 4) is 11.6 Å². The summed E-state index contributed by atoms with van der Waals surface area (Å²) in [6, 6.07) is 12.4. The molecule has 3 heterocycles. The van der Waals surface area contributed by atoms with Crippen LogP contribution in [0.3, 0.4) is 0 Å². The molecule has 1 N–H and O–H groups in total. The van der Waals surface area contributed by atoms with Gasteiger partial charge in [0.25, 0.3) is 5.91 Å². The zero-order chi connectivity index (χ0) is 20.2. The van der Waals surface area contributed by atoms with E-state index in [-0.39, 0.29) is 17.7 Å². The number of nitrogens with one attached hydrogen (secondary N) is 1. The quantitative estimate of drug-likeness (QED) is 0.621. The van der Waals surface area contributed by atoms with E-state index in [4.69, 9.17) is 16.3 Å². The van der Waals surface area contributed by atoms with E-state index in [0.29, 0.717) is 48.0 Å². The first-order valence-corrected chi connectivity index (χ1v) is 10.4. The van der Waals surface area contributed by atoms with Gasteiger partial charge in [-0.25, -0.2) is 4.98 Å². The molecule has 1 aromatic carbocycles. The number of hydrogen-bond acceptors (Lipinski definition) is 5. The van der Waals surface area contributed by atoms with Crippen LogP contribution in [-0.4, -0.2) is 23.3 Å². The van der Waals surface area contributed by atoms with Crippen LogP contribution in [0.4, 0.5) is 5.69 Å². The molecule has 2 aromatic heterocycles. The highest BCUT2D eigenvalue weighted by Gasteiger charge is 2.29. The molecule has 0 spiro atoms. The fourth-order valence-electron chi connectivity index (χ4n) is 3.09. The summed E-state index contributed by atoms with van der Waals surface area (Å²) in [6.45, 7) is 0.876. The highest BCUT2D eigenvalue weighted by Crippen LogP contribution is 2.39. The van der Waals surface area contributed by atoms with Gasteiger partial charge in [-0.2, -0.15) is 0 Å². The highest BCUT2D eigenvalue weighted by atomic mass is 35.5. The predicted octanol–water partition coefficient (Wildman–Crippen LogP) is 4.65. The van der Waals surface area contributed by atoms with Gasteiger partial charge in [0.2, 0.25) is 11.8 Å². The van der Waals surface area contributed by atoms with E-state index < -0.39 is 0 Å². The lowest BCUT2D eigenvalue weighted by Gasteiger charge is -2.22. The number of pyridine rings is 1. The first-order chi connectivity index (χ1) is 14.1. The zero-order valence-corrected chi connectivity index (χ0v) is 17.0. The average Bonchev–Trinajstić information content (AvgIpc) is 3.21. The largest absolute Gasteiger partial charge is 0.436 e. The Morgan fingerprint density at radius 2 is 2.14 bits per heavy atom. The maximum atomic E-state index is 13.1. The number of fused-ring (bicyclic) bond motifs is 2. The molecule has 0 fully saturated rings. The van der Waals surface area contributed by atoms with Crippen molar-refractivity contribution in [1.82, 2.24) is 10.3 Å². The Bertz CT molecular complexity index is 1040. The summed E-state index contributed by atoms with van der Waals surface area (Å²) >= 11 is 7.76. The molecule has 29 heavy (non-hydrogen) atoms. The lowest BCUT2D eigenvalue weighted by molar-refractivity contribution is -0.121. The summed E-state index contributed by atoms with van der Waals surface area (Å²) in [6.07, 6.45) is 2.39. The molecule has 0 saturated carbocycles. The Balaban J connectivity index is 1.47. The van der Waals surface area contributed by atoms with E-state index >= 15 is 0 Å². The van der Waals surface area contributed by atoms with Gasteiger partial charge >= 0.3 is 0 Å². The molecule has 148 valence electrons. The maximum Gasteiger partial charge on any atom is 0.263 e. The number of carbonyl (C=O) groups is 2. The number of ether oxygens (including phenoxy) is 1. The van der Waals surface area contributed by atoms with Gasteiger partial charge in [0, 0.05) is 29.1 Å². The van der Waals surface area contributed by atoms with Crippen LogP contribution in [0.5, 0.6) is 11.6 Å². The SMILES string of the molecule is O=C(CCCN1C(=O)c2cccnc2Oc2ccc(Cl)cc21)NCc1cccs1. The third kappa shape index (κ3) is 4.41. The van der Waals surface area contributed by atoms with Crippen LogP contribution in [0.1, 0.15) is 28.1 Å². The topological polar surface area (TPSA) is 71.5 Å². The summed E-state index contributed by atoms with van der Waals surface area (Å²) in [7, 11) is 0. The molecule has 8 heteroatoms. The number of thiophene rings is 1. The molecule has 1 aliphatic heterocycles. The van der Waals surface area contributed by atoms with E-state index in [2.05, 4.69) is 10.3 Å². The van der Waals surface area contributed by atoms with Crippen LogP contribution < -0.4 is 15.0 Å². The molecular formula is C21H18ClN3O3S. The van der Waals surface area contributed by atoms with Crippen molar-refractivity contribution in [2.75, 3.05) is 11.4 Å². The number of benzene rings is 1. The molecule has 6 nitrogen and oxygen atoms in total. The number of aromatic nitrogens is 1. The van der Waals surface area contributed by atoms with E-state index in [9.17, 15) is 9.59 Å². The lowest BCUT2D eigenvalue weighted by Crippen LogP contribution is -2.32. The van der Waals surface area contributed by atoms with Crippen LogP contribution >= 0.6 is 22.9 Å². The number of carbonyl (C=O) groups excluding carboxylic acids is 2. The van der Waals surface area contributed by atoms with Gasteiger partial charge in [-0.15, -0.1) is 11.3 Å². The Hall–Kier alpha value is -2.90. The molecule has 2 amide bonds.